The molecule has 0 unspecified atom stereocenters. The van der Waals surface area contributed by atoms with Gasteiger partial charge in [0.25, 0.3) is 0 Å². The normalized spacial score (nSPS) is 19.4. The zero-order valence-corrected chi connectivity index (χ0v) is 16.6. The molecule has 1 N–H and O–H groups in total. The number of amides is 1. The zero-order valence-electron chi connectivity index (χ0n) is 15.8. The summed E-state index contributed by atoms with van der Waals surface area (Å²) < 4.78 is 27.1. The average Bonchev–Trinajstić information content (AvgIpc) is 2.69. The molecule has 144 valence electrons. The Balaban J connectivity index is 1.67. The van der Waals surface area contributed by atoms with Gasteiger partial charge in [0.15, 0.2) is 0 Å². The lowest BCUT2D eigenvalue weighted by Gasteiger charge is -2.32. The molecule has 3 rings (SSSR count). The van der Waals surface area contributed by atoms with Crippen LogP contribution in [-0.4, -0.2) is 31.7 Å². The lowest BCUT2D eigenvalue weighted by molar-refractivity contribution is -0.126. The molecule has 0 bridgehead atoms. The Bertz CT molecular complexity index is 879. The molecular weight excluding hydrogens is 360 g/mol. The largest absolute Gasteiger partial charge is 0.349 e. The van der Waals surface area contributed by atoms with Gasteiger partial charge in [0.1, 0.15) is 0 Å². The maximum absolute atomic E-state index is 12.8. The van der Waals surface area contributed by atoms with E-state index in [1.165, 1.54) is 9.87 Å². The first-order valence-electron chi connectivity index (χ1n) is 9.30. The van der Waals surface area contributed by atoms with Crippen LogP contribution in [-0.2, 0) is 14.8 Å². The van der Waals surface area contributed by atoms with E-state index in [4.69, 9.17) is 0 Å². The fraction of sp³-hybridized carbons (Fsp3) is 0.381. The Labute approximate surface area is 161 Å². The maximum atomic E-state index is 12.8. The summed E-state index contributed by atoms with van der Waals surface area (Å²) in [5.74, 6) is -0.416. The molecule has 27 heavy (non-hydrogen) atoms. The third kappa shape index (κ3) is 4.57. The van der Waals surface area contributed by atoms with Crippen molar-refractivity contribution in [1.82, 2.24) is 9.62 Å². The van der Waals surface area contributed by atoms with Crippen molar-refractivity contribution in [2.24, 2.45) is 5.92 Å². The van der Waals surface area contributed by atoms with E-state index < -0.39 is 10.0 Å². The van der Waals surface area contributed by atoms with E-state index in [0.717, 1.165) is 5.56 Å². The number of sulfonamides is 1. The third-order valence-corrected chi connectivity index (χ3v) is 6.95. The molecule has 1 heterocycles. The molecule has 1 aliphatic heterocycles. The first kappa shape index (κ1) is 19.6. The SMILES string of the molecule is Cc1ccc([C@H](C)NC(=O)[C@@H]2CCCN(S(=O)(=O)c3ccccc3)C2)cc1. The van der Waals surface area contributed by atoms with Gasteiger partial charge in [-0.1, -0.05) is 48.0 Å². The number of piperidine rings is 1. The van der Waals surface area contributed by atoms with Crippen LogP contribution in [0.1, 0.15) is 36.9 Å². The van der Waals surface area contributed by atoms with Gasteiger partial charge in [-0.05, 0) is 44.4 Å². The van der Waals surface area contributed by atoms with Crippen LogP contribution in [0.3, 0.4) is 0 Å². The highest BCUT2D eigenvalue weighted by Crippen LogP contribution is 2.24. The number of hydrogen-bond donors (Lipinski definition) is 1. The molecule has 1 fully saturated rings. The lowest BCUT2D eigenvalue weighted by Crippen LogP contribution is -2.45. The molecule has 1 aliphatic rings. The van der Waals surface area contributed by atoms with Gasteiger partial charge in [-0.25, -0.2) is 8.42 Å². The van der Waals surface area contributed by atoms with Crippen molar-refractivity contribution in [3.05, 3.63) is 65.7 Å². The van der Waals surface area contributed by atoms with Crippen LogP contribution in [0, 0.1) is 12.8 Å². The lowest BCUT2D eigenvalue weighted by atomic mass is 9.97. The summed E-state index contributed by atoms with van der Waals surface area (Å²) in [6.07, 6.45) is 1.39. The molecule has 0 aliphatic carbocycles. The van der Waals surface area contributed by atoms with E-state index in [1.807, 2.05) is 38.1 Å². The molecule has 0 radical (unpaired) electrons. The molecule has 2 atom stereocenters. The van der Waals surface area contributed by atoms with Crippen LogP contribution in [0.15, 0.2) is 59.5 Å². The van der Waals surface area contributed by atoms with Crippen LogP contribution in [0.25, 0.3) is 0 Å². The number of hydrogen-bond acceptors (Lipinski definition) is 3. The van der Waals surface area contributed by atoms with Gasteiger partial charge in [0, 0.05) is 13.1 Å². The fourth-order valence-electron chi connectivity index (χ4n) is 3.39. The second-order valence-corrected chi connectivity index (χ2v) is 9.09. The molecule has 2 aromatic rings. The second-order valence-electron chi connectivity index (χ2n) is 7.16. The van der Waals surface area contributed by atoms with Crippen molar-refractivity contribution in [3.63, 3.8) is 0 Å². The van der Waals surface area contributed by atoms with E-state index >= 15 is 0 Å². The first-order chi connectivity index (χ1) is 12.9. The molecule has 2 aromatic carbocycles. The average molecular weight is 387 g/mol. The number of nitrogens with zero attached hydrogens (tertiary/aromatic N) is 1. The van der Waals surface area contributed by atoms with Gasteiger partial charge >= 0.3 is 0 Å². The van der Waals surface area contributed by atoms with Crippen LogP contribution in [0.2, 0.25) is 0 Å². The van der Waals surface area contributed by atoms with Crippen molar-refractivity contribution in [1.29, 1.82) is 0 Å². The highest BCUT2D eigenvalue weighted by atomic mass is 32.2. The summed E-state index contributed by atoms with van der Waals surface area (Å²) in [5.41, 5.74) is 2.21. The third-order valence-electron chi connectivity index (χ3n) is 5.07. The van der Waals surface area contributed by atoms with E-state index in [1.54, 1.807) is 30.3 Å². The van der Waals surface area contributed by atoms with Crippen LogP contribution < -0.4 is 5.32 Å². The van der Waals surface area contributed by atoms with Crippen molar-refractivity contribution in [3.8, 4) is 0 Å². The van der Waals surface area contributed by atoms with Gasteiger partial charge in [0.2, 0.25) is 15.9 Å². The summed E-state index contributed by atoms with van der Waals surface area (Å²) in [7, 11) is -3.56. The number of aryl methyl sites for hydroxylation is 1. The summed E-state index contributed by atoms with van der Waals surface area (Å²) in [6, 6.07) is 16.4. The van der Waals surface area contributed by atoms with Gasteiger partial charge in [-0.3, -0.25) is 4.79 Å². The molecular formula is C21H26N2O3S. The summed E-state index contributed by atoms with van der Waals surface area (Å²) in [4.78, 5) is 13.0. The number of carbonyl (C=O) groups excluding carboxylic acids is 1. The van der Waals surface area contributed by atoms with Crippen LogP contribution in [0.4, 0.5) is 0 Å². The molecule has 0 aromatic heterocycles. The minimum atomic E-state index is -3.56. The predicted molar refractivity (Wildman–Crippen MR) is 106 cm³/mol. The number of carbonyl (C=O) groups is 1. The Kier molecular flexibility index (Phi) is 5.97. The van der Waals surface area contributed by atoms with E-state index in [0.29, 0.717) is 19.4 Å². The highest BCUT2D eigenvalue weighted by molar-refractivity contribution is 7.89. The predicted octanol–water partition coefficient (Wildman–Crippen LogP) is 3.27. The second kappa shape index (κ2) is 8.23. The summed E-state index contributed by atoms with van der Waals surface area (Å²) in [6.45, 7) is 4.65. The molecule has 0 saturated carbocycles. The van der Waals surface area contributed by atoms with E-state index in [-0.39, 0.29) is 29.3 Å². The van der Waals surface area contributed by atoms with Gasteiger partial charge < -0.3 is 5.32 Å². The standard InChI is InChI=1S/C21H26N2O3S/c1-16-10-12-18(13-11-16)17(2)22-21(24)19-7-6-14-23(15-19)27(25,26)20-8-4-3-5-9-20/h3-5,8-13,17,19H,6-7,14-15H2,1-2H3,(H,22,24)/t17-,19+/m0/s1. The van der Waals surface area contributed by atoms with Gasteiger partial charge in [-0.15, -0.1) is 0 Å². The molecule has 1 saturated heterocycles. The quantitative estimate of drug-likeness (QED) is 0.858. The first-order valence-corrected chi connectivity index (χ1v) is 10.7. The van der Waals surface area contributed by atoms with Crippen molar-refractivity contribution >= 4 is 15.9 Å². The monoisotopic (exact) mass is 386 g/mol. The van der Waals surface area contributed by atoms with Crippen molar-refractivity contribution < 1.29 is 13.2 Å². The molecule has 1 amide bonds. The number of rotatable bonds is 5. The maximum Gasteiger partial charge on any atom is 0.243 e. The number of benzene rings is 2. The van der Waals surface area contributed by atoms with Crippen molar-refractivity contribution in [2.75, 3.05) is 13.1 Å². The molecule has 5 nitrogen and oxygen atoms in total. The Morgan fingerprint density at radius 3 is 2.44 bits per heavy atom. The van der Waals surface area contributed by atoms with Crippen LogP contribution >= 0.6 is 0 Å². The Morgan fingerprint density at radius 2 is 1.78 bits per heavy atom. The smallest absolute Gasteiger partial charge is 0.243 e. The molecule has 0 spiro atoms. The topological polar surface area (TPSA) is 66.5 Å². The fourth-order valence-corrected chi connectivity index (χ4v) is 4.93. The molecule has 6 heteroatoms. The number of nitrogens with one attached hydrogen (secondary N) is 1. The van der Waals surface area contributed by atoms with Gasteiger partial charge in [0.05, 0.1) is 16.9 Å². The summed E-state index contributed by atoms with van der Waals surface area (Å²) >= 11 is 0. The summed E-state index contributed by atoms with van der Waals surface area (Å²) in [5, 5.41) is 3.04. The highest BCUT2D eigenvalue weighted by Gasteiger charge is 2.33. The Hall–Kier alpha value is -2.18. The Morgan fingerprint density at radius 1 is 1.11 bits per heavy atom. The van der Waals surface area contributed by atoms with E-state index in [9.17, 15) is 13.2 Å². The van der Waals surface area contributed by atoms with E-state index in [2.05, 4.69) is 5.32 Å². The zero-order chi connectivity index (χ0) is 19.4. The minimum absolute atomic E-state index is 0.0870. The minimum Gasteiger partial charge on any atom is -0.349 e. The van der Waals surface area contributed by atoms with Gasteiger partial charge in [-0.2, -0.15) is 4.31 Å². The van der Waals surface area contributed by atoms with Crippen molar-refractivity contribution in [2.45, 2.75) is 37.6 Å². The van der Waals surface area contributed by atoms with Crippen LogP contribution in [0.5, 0.6) is 0 Å².